The van der Waals surface area contributed by atoms with Gasteiger partial charge in [-0.2, -0.15) is 8.42 Å². The number of ether oxygens (including phenoxy) is 1. The molecule has 2 unspecified atom stereocenters. The van der Waals surface area contributed by atoms with E-state index in [1.807, 2.05) is 13.0 Å². The van der Waals surface area contributed by atoms with Gasteiger partial charge in [-0.15, -0.1) is 0 Å². The van der Waals surface area contributed by atoms with E-state index in [-0.39, 0.29) is 41.6 Å². The van der Waals surface area contributed by atoms with E-state index in [2.05, 4.69) is 19.9 Å². The standard InChI is InChI=1S/C32H48O7S/c1-5-24(3)32(31(35)38-4,25-12-8-9-13-25)20-10-6-7-14-28-27(15-11-21-33)29(34)22-30(28)39-40(36,37)26-18-16-23(2)17-19-26/h6-7,11,15-19,24-25,27-30,33-34H,5,8-10,12-14,20-22H2,1-4H3/t24?,27-,28-,29-,30-,32?/m1/s1. The Morgan fingerprint density at radius 1 is 1.15 bits per heavy atom. The first-order valence-corrected chi connectivity index (χ1v) is 16.2. The maximum Gasteiger partial charge on any atom is 0.312 e. The van der Waals surface area contributed by atoms with E-state index >= 15 is 0 Å². The Kier molecular flexibility index (Phi) is 12.0. The SMILES string of the molecule is CCC(C)C(CCC=CC[C@@H]1[C@@H](C=CCO)[C@H](O)C[C@H]1OS(=O)(=O)c1ccc(C)cc1)(C(=O)OC)C1CCCC1. The molecule has 0 radical (unpaired) electrons. The summed E-state index contributed by atoms with van der Waals surface area (Å²) < 4.78 is 37.2. The van der Waals surface area contributed by atoms with Gasteiger partial charge >= 0.3 is 5.97 Å². The van der Waals surface area contributed by atoms with Crippen molar-refractivity contribution in [1.82, 2.24) is 0 Å². The van der Waals surface area contributed by atoms with Crippen molar-refractivity contribution in [3.63, 3.8) is 0 Å². The molecule has 3 rings (SSSR count). The van der Waals surface area contributed by atoms with Gasteiger partial charge in [0.25, 0.3) is 10.1 Å². The second-order valence-corrected chi connectivity index (χ2v) is 13.2. The molecule has 0 aromatic heterocycles. The van der Waals surface area contributed by atoms with E-state index in [0.717, 1.165) is 37.7 Å². The van der Waals surface area contributed by atoms with Gasteiger partial charge in [-0.05, 0) is 68.9 Å². The van der Waals surface area contributed by atoms with Crippen LogP contribution in [0.4, 0.5) is 0 Å². The molecular formula is C32H48O7S. The number of aryl methyl sites for hydroxylation is 1. The first kappa shape index (κ1) is 32.5. The fourth-order valence-electron chi connectivity index (χ4n) is 6.95. The molecule has 224 valence electrons. The van der Waals surface area contributed by atoms with Crippen molar-refractivity contribution in [3.8, 4) is 0 Å². The topological polar surface area (TPSA) is 110 Å². The molecule has 6 atom stereocenters. The van der Waals surface area contributed by atoms with Gasteiger partial charge in [-0.25, -0.2) is 0 Å². The van der Waals surface area contributed by atoms with Crippen LogP contribution in [0.2, 0.25) is 0 Å². The fourth-order valence-corrected chi connectivity index (χ4v) is 8.07. The van der Waals surface area contributed by atoms with E-state index < -0.39 is 27.7 Å². The van der Waals surface area contributed by atoms with Gasteiger partial charge in [0.05, 0.1) is 36.2 Å². The first-order chi connectivity index (χ1) is 19.1. The fraction of sp³-hybridized carbons (Fsp3) is 0.656. The zero-order valence-electron chi connectivity index (χ0n) is 24.5. The lowest BCUT2D eigenvalue weighted by Gasteiger charge is -2.41. The molecule has 40 heavy (non-hydrogen) atoms. The first-order valence-electron chi connectivity index (χ1n) is 14.8. The lowest BCUT2D eigenvalue weighted by Crippen LogP contribution is -2.44. The molecule has 2 aliphatic carbocycles. The Morgan fingerprint density at radius 2 is 1.82 bits per heavy atom. The largest absolute Gasteiger partial charge is 0.469 e. The predicted molar refractivity (Wildman–Crippen MR) is 156 cm³/mol. The van der Waals surface area contributed by atoms with Gasteiger partial charge in [0.2, 0.25) is 0 Å². The molecule has 0 heterocycles. The van der Waals surface area contributed by atoms with Crippen LogP contribution in [0.25, 0.3) is 0 Å². The van der Waals surface area contributed by atoms with Gasteiger partial charge in [0, 0.05) is 12.3 Å². The van der Waals surface area contributed by atoms with E-state index in [1.54, 1.807) is 24.3 Å². The van der Waals surface area contributed by atoms with Crippen LogP contribution < -0.4 is 0 Å². The lowest BCUT2D eigenvalue weighted by molar-refractivity contribution is -0.162. The highest BCUT2D eigenvalue weighted by Gasteiger charge is 2.50. The van der Waals surface area contributed by atoms with Crippen LogP contribution >= 0.6 is 0 Å². The Bertz CT molecular complexity index is 1100. The molecule has 0 spiro atoms. The predicted octanol–water partition coefficient (Wildman–Crippen LogP) is 5.74. The second-order valence-electron chi connectivity index (χ2n) is 11.6. The average molecular weight is 577 g/mol. The van der Waals surface area contributed by atoms with Crippen LogP contribution in [-0.4, -0.2) is 50.5 Å². The molecular weight excluding hydrogens is 528 g/mol. The van der Waals surface area contributed by atoms with Crippen LogP contribution in [0, 0.1) is 36.0 Å². The number of allylic oxidation sites excluding steroid dienone is 2. The van der Waals surface area contributed by atoms with Crippen molar-refractivity contribution in [1.29, 1.82) is 0 Å². The number of hydrogen-bond acceptors (Lipinski definition) is 7. The summed E-state index contributed by atoms with van der Waals surface area (Å²) >= 11 is 0. The van der Waals surface area contributed by atoms with E-state index in [4.69, 9.17) is 8.92 Å². The number of benzene rings is 1. The van der Waals surface area contributed by atoms with Gasteiger partial charge in [-0.3, -0.25) is 8.98 Å². The normalized spacial score (nSPS) is 26.4. The third-order valence-electron chi connectivity index (χ3n) is 9.35. The van der Waals surface area contributed by atoms with Crippen LogP contribution in [-0.2, 0) is 23.8 Å². The van der Waals surface area contributed by atoms with Crippen LogP contribution in [0.15, 0.2) is 53.5 Å². The minimum atomic E-state index is -4.01. The highest BCUT2D eigenvalue weighted by molar-refractivity contribution is 7.86. The summed E-state index contributed by atoms with van der Waals surface area (Å²) in [7, 11) is -2.52. The molecule has 0 aliphatic heterocycles. The Morgan fingerprint density at radius 3 is 2.42 bits per heavy atom. The Labute approximate surface area is 240 Å². The quantitative estimate of drug-likeness (QED) is 0.165. The molecule has 2 aliphatic rings. The zero-order chi connectivity index (χ0) is 29.3. The zero-order valence-corrected chi connectivity index (χ0v) is 25.3. The molecule has 0 saturated heterocycles. The molecule has 1 aromatic rings. The summed E-state index contributed by atoms with van der Waals surface area (Å²) in [6.45, 7) is 6.01. The summed E-state index contributed by atoms with van der Waals surface area (Å²) in [5.41, 5.74) is 0.443. The van der Waals surface area contributed by atoms with E-state index in [0.29, 0.717) is 25.2 Å². The van der Waals surface area contributed by atoms with Gasteiger partial charge in [0.1, 0.15) is 0 Å². The van der Waals surface area contributed by atoms with Gasteiger partial charge in [0.15, 0.2) is 0 Å². The van der Waals surface area contributed by atoms with Crippen LogP contribution in [0.1, 0.15) is 77.2 Å². The van der Waals surface area contributed by atoms with Crippen molar-refractivity contribution >= 4 is 16.1 Å². The third kappa shape index (κ3) is 7.44. The number of carbonyl (C=O) groups excluding carboxylic acids is 1. The monoisotopic (exact) mass is 576 g/mol. The molecule has 8 heteroatoms. The number of aliphatic hydroxyl groups excluding tert-OH is 2. The van der Waals surface area contributed by atoms with Crippen molar-refractivity contribution in [2.45, 2.75) is 95.7 Å². The molecule has 1 aromatic carbocycles. The highest BCUT2D eigenvalue weighted by Crippen LogP contribution is 2.50. The molecule has 2 saturated carbocycles. The Hall–Kier alpha value is -2.00. The van der Waals surface area contributed by atoms with Crippen molar-refractivity contribution in [2.75, 3.05) is 13.7 Å². The maximum absolute atomic E-state index is 13.2. The Balaban J connectivity index is 1.76. The van der Waals surface area contributed by atoms with Crippen LogP contribution in [0.5, 0.6) is 0 Å². The lowest BCUT2D eigenvalue weighted by atomic mass is 9.63. The molecule has 7 nitrogen and oxygen atoms in total. The summed E-state index contributed by atoms with van der Waals surface area (Å²) in [5.74, 6) is -0.206. The van der Waals surface area contributed by atoms with Crippen molar-refractivity contribution in [3.05, 3.63) is 54.1 Å². The number of esters is 1. The maximum atomic E-state index is 13.2. The minimum Gasteiger partial charge on any atom is -0.469 e. The third-order valence-corrected chi connectivity index (χ3v) is 10.7. The number of rotatable bonds is 14. The number of carbonyl (C=O) groups is 1. The summed E-state index contributed by atoms with van der Waals surface area (Å²) in [6, 6.07) is 6.52. The highest BCUT2D eigenvalue weighted by atomic mass is 32.2. The number of methoxy groups -OCH3 is 1. The molecule has 2 N–H and O–H groups in total. The van der Waals surface area contributed by atoms with E-state index in [1.165, 1.54) is 19.2 Å². The average Bonchev–Trinajstić information content (AvgIpc) is 3.57. The number of aliphatic hydroxyl groups is 2. The smallest absolute Gasteiger partial charge is 0.312 e. The second kappa shape index (κ2) is 14.8. The summed E-state index contributed by atoms with van der Waals surface area (Å²) in [4.78, 5) is 13.3. The van der Waals surface area contributed by atoms with Crippen molar-refractivity contribution in [2.24, 2.45) is 29.1 Å². The van der Waals surface area contributed by atoms with Crippen molar-refractivity contribution < 1.29 is 32.3 Å². The summed E-state index contributed by atoms with van der Waals surface area (Å²) in [6.07, 6.45) is 13.4. The van der Waals surface area contributed by atoms with Gasteiger partial charge < -0.3 is 14.9 Å². The van der Waals surface area contributed by atoms with Gasteiger partial charge in [-0.1, -0.05) is 75.1 Å². The van der Waals surface area contributed by atoms with E-state index in [9.17, 15) is 23.4 Å². The number of hydrogen-bond donors (Lipinski definition) is 2. The molecule has 0 bridgehead atoms. The summed E-state index contributed by atoms with van der Waals surface area (Å²) in [5, 5.41) is 20.1. The van der Waals surface area contributed by atoms with Crippen LogP contribution in [0.3, 0.4) is 0 Å². The molecule has 0 amide bonds. The molecule has 2 fully saturated rings. The minimum absolute atomic E-state index is 0.0901.